The van der Waals surface area contributed by atoms with E-state index in [9.17, 15) is 13.2 Å². The van der Waals surface area contributed by atoms with Gasteiger partial charge in [-0.1, -0.05) is 6.92 Å². The lowest BCUT2D eigenvalue weighted by atomic mass is 10.2. The minimum Gasteiger partial charge on any atom is -0.464 e. The topological polar surface area (TPSA) is 90.3 Å². The molecule has 0 saturated heterocycles. The zero-order chi connectivity index (χ0) is 18.7. The van der Waals surface area contributed by atoms with Crippen LogP contribution >= 0.6 is 0 Å². The molecule has 0 amide bonds. The summed E-state index contributed by atoms with van der Waals surface area (Å²) >= 11 is 0. The molecule has 0 bridgehead atoms. The lowest BCUT2D eigenvalue weighted by molar-refractivity contribution is 0.220. The predicted molar refractivity (Wildman–Crippen MR) is 97.8 cm³/mol. The lowest BCUT2D eigenvalue weighted by Crippen LogP contribution is -2.34. The Balaban J connectivity index is 1.70. The summed E-state index contributed by atoms with van der Waals surface area (Å²) in [6, 6.07) is 4.70. The van der Waals surface area contributed by atoms with Gasteiger partial charge in [-0.2, -0.15) is 4.98 Å². The zero-order valence-corrected chi connectivity index (χ0v) is 16.0. The van der Waals surface area contributed by atoms with Crippen LogP contribution in [0.3, 0.4) is 0 Å². The first-order valence-corrected chi connectivity index (χ1v) is 10.3. The largest absolute Gasteiger partial charge is 0.464 e. The second-order valence-corrected chi connectivity index (χ2v) is 9.89. The standard InChI is InChI=1S/C18H23N3O4S/c1-17(6-7-17)11-25-16-19-14-5-4-12(10-13(14)15(22)21(16)3)26(23,24)20-18(2)8-9-18/h4-5,10,20H,6-9,11H2,1-3H3. The number of hydrogen-bond acceptors (Lipinski definition) is 5. The molecule has 1 heterocycles. The first-order chi connectivity index (χ1) is 12.1. The van der Waals surface area contributed by atoms with Crippen molar-refractivity contribution < 1.29 is 13.2 Å². The van der Waals surface area contributed by atoms with Gasteiger partial charge >= 0.3 is 0 Å². The van der Waals surface area contributed by atoms with Crippen LogP contribution in [-0.4, -0.2) is 30.1 Å². The minimum atomic E-state index is -3.67. The average molecular weight is 377 g/mol. The fraction of sp³-hybridized carbons (Fsp3) is 0.556. The Bertz CT molecular complexity index is 1050. The van der Waals surface area contributed by atoms with Gasteiger partial charge in [0.1, 0.15) is 0 Å². The van der Waals surface area contributed by atoms with E-state index in [1.807, 2.05) is 6.92 Å². The van der Waals surface area contributed by atoms with Crippen molar-refractivity contribution in [2.24, 2.45) is 12.5 Å². The third-order valence-corrected chi connectivity index (χ3v) is 6.99. The third-order valence-electron chi connectivity index (χ3n) is 5.35. The number of aromatic nitrogens is 2. The number of nitrogens with one attached hydrogen (secondary N) is 1. The Morgan fingerprint density at radius 3 is 2.54 bits per heavy atom. The maximum atomic E-state index is 12.7. The van der Waals surface area contributed by atoms with E-state index in [0.29, 0.717) is 12.1 Å². The third kappa shape index (κ3) is 3.23. The quantitative estimate of drug-likeness (QED) is 0.831. The molecule has 2 aromatic rings. The van der Waals surface area contributed by atoms with Crippen LogP contribution in [0.5, 0.6) is 6.01 Å². The maximum absolute atomic E-state index is 12.7. The summed E-state index contributed by atoms with van der Waals surface area (Å²) in [6.07, 6.45) is 3.87. The zero-order valence-electron chi connectivity index (χ0n) is 15.2. The average Bonchev–Trinajstić information content (AvgIpc) is 3.49. The molecule has 2 aliphatic carbocycles. The molecule has 0 radical (unpaired) electrons. The van der Waals surface area contributed by atoms with Crippen LogP contribution in [0, 0.1) is 5.41 Å². The fourth-order valence-electron chi connectivity index (χ4n) is 2.80. The molecule has 1 N–H and O–H groups in total. The molecule has 2 fully saturated rings. The molecule has 2 aliphatic rings. The van der Waals surface area contributed by atoms with E-state index in [0.717, 1.165) is 25.7 Å². The Kier molecular flexibility index (Phi) is 3.72. The van der Waals surface area contributed by atoms with Crippen LogP contribution in [0.15, 0.2) is 27.9 Å². The number of ether oxygens (including phenoxy) is 1. The van der Waals surface area contributed by atoms with E-state index < -0.39 is 10.0 Å². The molecule has 0 atom stereocenters. The highest BCUT2D eigenvalue weighted by molar-refractivity contribution is 7.89. The lowest BCUT2D eigenvalue weighted by Gasteiger charge is -2.15. The Labute approximate surface area is 152 Å². The smallest absolute Gasteiger partial charge is 0.299 e. The number of hydrogen-bond donors (Lipinski definition) is 1. The second-order valence-electron chi connectivity index (χ2n) is 8.20. The molecule has 0 spiro atoms. The fourth-order valence-corrected chi connectivity index (χ4v) is 4.29. The van der Waals surface area contributed by atoms with Crippen LogP contribution in [-0.2, 0) is 17.1 Å². The van der Waals surface area contributed by atoms with Gasteiger partial charge in [0.2, 0.25) is 10.0 Å². The van der Waals surface area contributed by atoms with Crippen LogP contribution in [0.4, 0.5) is 0 Å². The highest BCUT2D eigenvalue weighted by Crippen LogP contribution is 2.44. The molecule has 0 unspecified atom stereocenters. The van der Waals surface area contributed by atoms with Crippen molar-refractivity contribution in [3.05, 3.63) is 28.6 Å². The van der Waals surface area contributed by atoms with Crippen LogP contribution in [0.1, 0.15) is 39.5 Å². The van der Waals surface area contributed by atoms with Gasteiger partial charge in [0, 0.05) is 18.0 Å². The second kappa shape index (κ2) is 5.53. The highest BCUT2D eigenvalue weighted by Gasteiger charge is 2.41. The van der Waals surface area contributed by atoms with Gasteiger partial charge in [-0.15, -0.1) is 0 Å². The number of sulfonamides is 1. The van der Waals surface area contributed by atoms with Gasteiger partial charge in [-0.3, -0.25) is 9.36 Å². The molecule has 7 nitrogen and oxygen atoms in total. The van der Waals surface area contributed by atoms with Gasteiger partial charge in [0.25, 0.3) is 11.6 Å². The number of benzene rings is 1. The van der Waals surface area contributed by atoms with Crippen molar-refractivity contribution in [1.29, 1.82) is 0 Å². The summed E-state index contributed by atoms with van der Waals surface area (Å²) in [5, 5.41) is 0.265. The molecule has 2 saturated carbocycles. The molecule has 4 rings (SSSR count). The van der Waals surface area contributed by atoms with Crippen molar-refractivity contribution in [2.75, 3.05) is 6.61 Å². The molecule has 140 valence electrons. The SMILES string of the molecule is Cn1c(OCC2(C)CC2)nc2ccc(S(=O)(=O)NC3(C)CC3)cc2c1=O. The van der Waals surface area contributed by atoms with Crippen molar-refractivity contribution in [2.45, 2.75) is 50.0 Å². The molecular weight excluding hydrogens is 354 g/mol. The summed E-state index contributed by atoms with van der Waals surface area (Å²) in [6.45, 7) is 4.53. The summed E-state index contributed by atoms with van der Waals surface area (Å²) in [5.74, 6) is 0. The van der Waals surface area contributed by atoms with E-state index in [1.165, 1.54) is 16.7 Å². The number of nitrogens with zero attached hydrogens (tertiary/aromatic N) is 2. The Hall–Kier alpha value is -1.93. The van der Waals surface area contributed by atoms with Gasteiger partial charge in [-0.25, -0.2) is 13.1 Å². The van der Waals surface area contributed by atoms with E-state index in [1.54, 1.807) is 13.1 Å². The molecule has 0 aliphatic heterocycles. The molecule has 26 heavy (non-hydrogen) atoms. The highest BCUT2D eigenvalue weighted by atomic mass is 32.2. The van der Waals surface area contributed by atoms with E-state index in [4.69, 9.17) is 4.74 Å². The van der Waals surface area contributed by atoms with Crippen LogP contribution in [0.25, 0.3) is 10.9 Å². The van der Waals surface area contributed by atoms with E-state index in [-0.39, 0.29) is 32.8 Å². The minimum absolute atomic E-state index is 0.0798. The molecule has 1 aromatic heterocycles. The molecular formula is C18H23N3O4S. The Morgan fingerprint density at radius 2 is 1.92 bits per heavy atom. The van der Waals surface area contributed by atoms with Gasteiger partial charge in [0.15, 0.2) is 0 Å². The van der Waals surface area contributed by atoms with E-state index in [2.05, 4.69) is 16.6 Å². The van der Waals surface area contributed by atoms with Crippen molar-refractivity contribution in [3.63, 3.8) is 0 Å². The van der Waals surface area contributed by atoms with Crippen molar-refractivity contribution in [3.8, 4) is 6.01 Å². The number of fused-ring (bicyclic) bond motifs is 1. The monoisotopic (exact) mass is 377 g/mol. The van der Waals surface area contributed by atoms with Crippen molar-refractivity contribution in [1.82, 2.24) is 14.3 Å². The summed E-state index contributed by atoms with van der Waals surface area (Å²) in [7, 11) is -2.08. The first-order valence-electron chi connectivity index (χ1n) is 8.79. The first kappa shape index (κ1) is 17.5. The van der Waals surface area contributed by atoms with Crippen molar-refractivity contribution >= 4 is 20.9 Å². The summed E-state index contributed by atoms with van der Waals surface area (Å²) < 4.78 is 34.9. The predicted octanol–water partition coefficient (Wildman–Crippen LogP) is 1.94. The summed E-state index contributed by atoms with van der Waals surface area (Å²) in [5.41, 5.74) is -0.0794. The Morgan fingerprint density at radius 1 is 1.23 bits per heavy atom. The van der Waals surface area contributed by atoms with E-state index >= 15 is 0 Å². The molecule has 1 aromatic carbocycles. The normalized spacial score (nSPS) is 20.1. The van der Waals surface area contributed by atoms with Gasteiger partial charge < -0.3 is 4.74 Å². The van der Waals surface area contributed by atoms with Crippen LogP contribution in [0.2, 0.25) is 0 Å². The number of rotatable bonds is 6. The van der Waals surface area contributed by atoms with Crippen LogP contribution < -0.4 is 15.0 Å². The molecule has 8 heteroatoms. The maximum Gasteiger partial charge on any atom is 0.299 e. The summed E-state index contributed by atoms with van der Waals surface area (Å²) in [4.78, 5) is 17.2. The van der Waals surface area contributed by atoms with Gasteiger partial charge in [0.05, 0.1) is 22.4 Å². The van der Waals surface area contributed by atoms with Gasteiger partial charge in [-0.05, 0) is 50.8 Å².